The van der Waals surface area contributed by atoms with E-state index in [0.29, 0.717) is 11.3 Å². The number of anilines is 1. The van der Waals surface area contributed by atoms with E-state index in [-0.39, 0.29) is 29.9 Å². The van der Waals surface area contributed by atoms with Crippen LogP contribution in [0.1, 0.15) is 23.0 Å². The van der Waals surface area contributed by atoms with Gasteiger partial charge in [-0.1, -0.05) is 11.2 Å². The highest BCUT2D eigenvalue weighted by molar-refractivity contribution is 5.99. The van der Waals surface area contributed by atoms with Crippen LogP contribution in [-0.4, -0.2) is 33.2 Å². The molecule has 3 aromatic rings. The SMILES string of the molecule is CCOC(=O)c1noc2ncn(CC(=O)Nc3cccc(C#N)c3)c(=O)c12. The molecular formula is C17H13N5O5. The number of rotatable bonds is 5. The van der Waals surface area contributed by atoms with Crippen LogP contribution in [0.5, 0.6) is 0 Å². The predicted molar refractivity (Wildman–Crippen MR) is 91.8 cm³/mol. The van der Waals surface area contributed by atoms with Gasteiger partial charge in [-0.05, 0) is 25.1 Å². The van der Waals surface area contributed by atoms with Crippen molar-refractivity contribution in [1.82, 2.24) is 14.7 Å². The van der Waals surface area contributed by atoms with Gasteiger partial charge in [-0.2, -0.15) is 5.26 Å². The molecule has 0 aliphatic heterocycles. The molecule has 136 valence electrons. The third kappa shape index (κ3) is 3.67. The van der Waals surface area contributed by atoms with E-state index >= 15 is 0 Å². The number of ether oxygens (including phenoxy) is 1. The molecule has 2 heterocycles. The van der Waals surface area contributed by atoms with Crippen molar-refractivity contribution in [1.29, 1.82) is 5.26 Å². The second-order valence-electron chi connectivity index (χ2n) is 5.35. The average Bonchev–Trinajstić information content (AvgIpc) is 3.09. The third-order valence-corrected chi connectivity index (χ3v) is 3.52. The highest BCUT2D eigenvalue weighted by Crippen LogP contribution is 2.13. The maximum Gasteiger partial charge on any atom is 0.361 e. The Hall–Kier alpha value is -4.00. The Balaban J connectivity index is 1.86. The van der Waals surface area contributed by atoms with Crippen LogP contribution in [-0.2, 0) is 16.1 Å². The Morgan fingerprint density at radius 3 is 2.96 bits per heavy atom. The zero-order chi connectivity index (χ0) is 19.4. The van der Waals surface area contributed by atoms with Crippen molar-refractivity contribution in [3.63, 3.8) is 0 Å². The minimum atomic E-state index is -0.814. The molecule has 0 unspecified atom stereocenters. The van der Waals surface area contributed by atoms with Crippen LogP contribution in [0.4, 0.5) is 5.69 Å². The number of nitrogens with one attached hydrogen (secondary N) is 1. The zero-order valence-electron chi connectivity index (χ0n) is 14.1. The number of carbonyl (C=O) groups excluding carboxylic acids is 2. The molecule has 2 aromatic heterocycles. The van der Waals surface area contributed by atoms with Gasteiger partial charge >= 0.3 is 5.97 Å². The topological polar surface area (TPSA) is 140 Å². The summed E-state index contributed by atoms with van der Waals surface area (Å²) >= 11 is 0. The zero-order valence-corrected chi connectivity index (χ0v) is 14.1. The van der Waals surface area contributed by atoms with Crippen molar-refractivity contribution < 1.29 is 18.8 Å². The first-order chi connectivity index (χ1) is 13.0. The molecule has 0 fully saturated rings. The number of amides is 1. The van der Waals surface area contributed by atoms with Gasteiger partial charge in [-0.25, -0.2) is 9.78 Å². The summed E-state index contributed by atoms with van der Waals surface area (Å²) in [6.07, 6.45) is 1.12. The van der Waals surface area contributed by atoms with Crippen LogP contribution in [0.2, 0.25) is 0 Å². The fourth-order valence-corrected chi connectivity index (χ4v) is 2.35. The molecule has 0 bridgehead atoms. The fourth-order valence-electron chi connectivity index (χ4n) is 2.35. The minimum Gasteiger partial charge on any atom is -0.461 e. The fraction of sp³-hybridized carbons (Fsp3) is 0.176. The van der Waals surface area contributed by atoms with Gasteiger partial charge in [-0.3, -0.25) is 14.2 Å². The first-order valence-electron chi connectivity index (χ1n) is 7.85. The van der Waals surface area contributed by atoms with Gasteiger partial charge in [-0.15, -0.1) is 0 Å². The van der Waals surface area contributed by atoms with Crippen LogP contribution in [0.25, 0.3) is 11.1 Å². The molecule has 0 saturated carbocycles. The Bertz CT molecular complexity index is 1120. The summed E-state index contributed by atoms with van der Waals surface area (Å²) in [5, 5.41) is 14.8. The largest absolute Gasteiger partial charge is 0.461 e. The minimum absolute atomic E-state index is 0.103. The van der Waals surface area contributed by atoms with E-state index in [4.69, 9.17) is 14.5 Å². The molecule has 0 radical (unpaired) electrons. The van der Waals surface area contributed by atoms with Crippen molar-refractivity contribution in [2.75, 3.05) is 11.9 Å². The maximum atomic E-state index is 12.6. The van der Waals surface area contributed by atoms with Gasteiger partial charge in [0.1, 0.15) is 18.3 Å². The number of nitrogens with zero attached hydrogens (tertiary/aromatic N) is 4. The lowest BCUT2D eigenvalue weighted by atomic mass is 10.2. The van der Waals surface area contributed by atoms with E-state index in [9.17, 15) is 14.4 Å². The van der Waals surface area contributed by atoms with Crippen LogP contribution < -0.4 is 10.9 Å². The molecule has 1 amide bonds. The van der Waals surface area contributed by atoms with E-state index < -0.39 is 17.4 Å². The van der Waals surface area contributed by atoms with E-state index in [0.717, 1.165) is 10.9 Å². The van der Waals surface area contributed by atoms with Gasteiger partial charge < -0.3 is 14.6 Å². The second kappa shape index (κ2) is 7.49. The monoisotopic (exact) mass is 367 g/mol. The standard InChI is InChI=1S/C17H13N5O5/c1-2-26-17(25)14-13-15(27-21-14)19-9-22(16(13)24)8-12(23)20-11-5-3-4-10(6-11)7-18/h3-6,9H,2,8H2,1H3,(H,20,23). The summed E-state index contributed by atoms with van der Waals surface area (Å²) in [6, 6.07) is 8.30. The van der Waals surface area contributed by atoms with Crippen LogP contribution in [0, 0.1) is 11.3 Å². The molecule has 10 heteroatoms. The van der Waals surface area contributed by atoms with Gasteiger partial charge in [0.05, 0.1) is 18.2 Å². The third-order valence-electron chi connectivity index (χ3n) is 3.52. The van der Waals surface area contributed by atoms with E-state index in [1.807, 2.05) is 6.07 Å². The van der Waals surface area contributed by atoms with Crippen molar-refractivity contribution in [3.05, 3.63) is 52.2 Å². The summed E-state index contributed by atoms with van der Waals surface area (Å²) < 4.78 is 10.7. The molecule has 1 N–H and O–H groups in total. The number of fused-ring (bicyclic) bond motifs is 1. The van der Waals surface area contributed by atoms with Crippen molar-refractivity contribution in [3.8, 4) is 6.07 Å². The van der Waals surface area contributed by atoms with Crippen molar-refractivity contribution in [2.24, 2.45) is 0 Å². The highest BCUT2D eigenvalue weighted by atomic mass is 16.5. The molecule has 3 rings (SSSR count). The average molecular weight is 367 g/mol. The number of nitriles is 1. The number of carbonyl (C=O) groups is 2. The van der Waals surface area contributed by atoms with Gasteiger partial charge in [0.25, 0.3) is 11.3 Å². The van der Waals surface area contributed by atoms with Gasteiger partial charge in [0.15, 0.2) is 0 Å². The number of hydrogen-bond acceptors (Lipinski definition) is 8. The Morgan fingerprint density at radius 2 is 2.22 bits per heavy atom. The molecule has 0 spiro atoms. The summed E-state index contributed by atoms with van der Waals surface area (Å²) in [7, 11) is 0. The number of aromatic nitrogens is 3. The normalized spacial score (nSPS) is 10.4. The van der Waals surface area contributed by atoms with Crippen molar-refractivity contribution in [2.45, 2.75) is 13.5 Å². The van der Waals surface area contributed by atoms with E-state index in [2.05, 4.69) is 15.5 Å². The van der Waals surface area contributed by atoms with Crippen LogP contribution in [0.15, 0.2) is 39.9 Å². The first kappa shape index (κ1) is 17.8. The maximum absolute atomic E-state index is 12.6. The summed E-state index contributed by atoms with van der Waals surface area (Å²) in [5.41, 5.74) is -0.276. The van der Waals surface area contributed by atoms with E-state index in [1.165, 1.54) is 6.07 Å². The van der Waals surface area contributed by atoms with Crippen molar-refractivity contribution >= 4 is 28.7 Å². The van der Waals surface area contributed by atoms with Gasteiger partial charge in [0, 0.05) is 5.69 Å². The summed E-state index contributed by atoms with van der Waals surface area (Å²) in [6.45, 7) is 1.36. The molecule has 10 nitrogen and oxygen atoms in total. The predicted octanol–water partition coefficient (Wildman–Crippen LogP) is 1.07. The second-order valence-corrected chi connectivity index (χ2v) is 5.35. The Kier molecular flexibility index (Phi) is 4.94. The molecular weight excluding hydrogens is 354 g/mol. The molecule has 0 atom stereocenters. The van der Waals surface area contributed by atoms with Crippen LogP contribution in [0.3, 0.4) is 0 Å². The Labute approximate surface area is 152 Å². The van der Waals surface area contributed by atoms with Crippen LogP contribution >= 0.6 is 0 Å². The first-order valence-corrected chi connectivity index (χ1v) is 7.85. The number of hydrogen-bond donors (Lipinski definition) is 1. The molecule has 0 saturated heterocycles. The smallest absolute Gasteiger partial charge is 0.361 e. The quantitative estimate of drug-likeness (QED) is 0.660. The van der Waals surface area contributed by atoms with E-state index in [1.54, 1.807) is 25.1 Å². The number of esters is 1. The lowest BCUT2D eigenvalue weighted by molar-refractivity contribution is -0.116. The Morgan fingerprint density at radius 1 is 1.41 bits per heavy atom. The lowest BCUT2D eigenvalue weighted by Crippen LogP contribution is -2.28. The summed E-state index contributed by atoms with van der Waals surface area (Å²) in [5.74, 6) is -1.33. The molecule has 1 aromatic carbocycles. The van der Waals surface area contributed by atoms with Gasteiger partial charge in [0.2, 0.25) is 11.6 Å². The molecule has 27 heavy (non-hydrogen) atoms. The highest BCUT2D eigenvalue weighted by Gasteiger charge is 2.22. The summed E-state index contributed by atoms with van der Waals surface area (Å²) in [4.78, 5) is 40.6. The lowest BCUT2D eigenvalue weighted by Gasteiger charge is -2.07. The molecule has 0 aliphatic rings. The molecule has 0 aliphatic carbocycles. The number of benzene rings is 1.